The Morgan fingerprint density at radius 2 is 1.85 bits per heavy atom. The van der Waals surface area contributed by atoms with Crippen molar-refractivity contribution in [3.63, 3.8) is 0 Å². The molecule has 0 aromatic heterocycles. The van der Waals surface area contributed by atoms with Gasteiger partial charge in [-0.3, -0.25) is 5.43 Å². The molecule has 5 nitrogen and oxygen atoms in total. The van der Waals surface area contributed by atoms with Crippen LogP contribution in [0.3, 0.4) is 0 Å². The van der Waals surface area contributed by atoms with Gasteiger partial charge in [0.2, 0.25) is 0 Å². The second kappa shape index (κ2) is 7.95. The Hall–Kier alpha value is -2.96. The van der Waals surface area contributed by atoms with Crippen molar-refractivity contribution in [1.29, 1.82) is 0 Å². The molecule has 7 heteroatoms. The van der Waals surface area contributed by atoms with E-state index in [4.69, 9.17) is 34.3 Å². The van der Waals surface area contributed by atoms with E-state index in [0.29, 0.717) is 21.9 Å². The van der Waals surface area contributed by atoms with E-state index in [0.717, 1.165) is 10.8 Å². The zero-order chi connectivity index (χ0) is 18.5. The van der Waals surface area contributed by atoms with E-state index >= 15 is 0 Å². The minimum Gasteiger partial charge on any atom is -0.422 e. The molecular formula is C19H14ClN3O2S. The fourth-order valence-corrected chi connectivity index (χ4v) is 2.58. The van der Waals surface area contributed by atoms with Crippen LogP contribution in [0.2, 0.25) is 5.02 Å². The predicted molar refractivity (Wildman–Crippen MR) is 108 cm³/mol. The molecule has 3 aromatic carbocycles. The minimum absolute atomic E-state index is 0.0428. The maximum absolute atomic E-state index is 12.4. The fourth-order valence-electron chi connectivity index (χ4n) is 2.40. The average molecular weight is 384 g/mol. The molecule has 0 heterocycles. The lowest BCUT2D eigenvalue weighted by atomic mass is 10.0. The van der Waals surface area contributed by atoms with Gasteiger partial charge in [0.25, 0.3) is 0 Å². The second-order valence-electron chi connectivity index (χ2n) is 5.33. The summed E-state index contributed by atoms with van der Waals surface area (Å²) in [6, 6.07) is 17.8. The van der Waals surface area contributed by atoms with Crippen LogP contribution in [-0.2, 0) is 0 Å². The fraction of sp³-hybridized carbons (Fsp3) is 0. The summed E-state index contributed by atoms with van der Waals surface area (Å²) in [6.07, 6.45) is 1.52. The SMILES string of the molecule is NC(=S)NN=Cc1c(OC(=O)c2ccc(Cl)cc2)ccc2ccccc12. The number of ether oxygens (including phenoxy) is 1. The normalized spacial score (nSPS) is 10.8. The lowest BCUT2D eigenvalue weighted by Crippen LogP contribution is -2.24. The number of nitrogens with one attached hydrogen (secondary N) is 1. The maximum Gasteiger partial charge on any atom is 0.343 e. The predicted octanol–water partition coefficient (Wildman–Crippen LogP) is 3.88. The highest BCUT2D eigenvalue weighted by Gasteiger charge is 2.13. The number of nitrogens with two attached hydrogens (primary N) is 1. The molecule has 3 aromatic rings. The summed E-state index contributed by atoms with van der Waals surface area (Å²) >= 11 is 10.6. The molecule has 0 fully saturated rings. The summed E-state index contributed by atoms with van der Waals surface area (Å²) in [5, 5.41) is 6.44. The first kappa shape index (κ1) is 17.8. The van der Waals surface area contributed by atoms with E-state index in [9.17, 15) is 4.79 Å². The van der Waals surface area contributed by atoms with Crippen LogP contribution in [0.25, 0.3) is 10.8 Å². The van der Waals surface area contributed by atoms with Gasteiger partial charge in [-0.05, 0) is 53.3 Å². The van der Waals surface area contributed by atoms with Crippen LogP contribution in [0.4, 0.5) is 0 Å². The largest absolute Gasteiger partial charge is 0.422 e. The lowest BCUT2D eigenvalue weighted by Gasteiger charge is -2.10. The Kier molecular flexibility index (Phi) is 5.46. The number of carbonyl (C=O) groups excluding carboxylic acids is 1. The van der Waals surface area contributed by atoms with Gasteiger partial charge in [0.05, 0.1) is 11.8 Å². The van der Waals surface area contributed by atoms with Gasteiger partial charge in [-0.2, -0.15) is 5.10 Å². The molecule has 0 saturated heterocycles. The lowest BCUT2D eigenvalue weighted by molar-refractivity contribution is 0.0735. The van der Waals surface area contributed by atoms with Gasteiger partial charge in [-0.15, -0.1) is 0 Å². The molecule has 0 amide bonds. The highest BCUT2D eigenvalue weighted by molar-refractivity contribution is 7.80. The second-order valence-corrected chi connectivity index (χ2v) is 6.21. The molecule has 26 heavy (non-hydrogen) atoms. The number of carbonyl (C=O) groups is 1. The van der Waals surface area contributed by atoms with Crippen molar-refractivity contribution in [2.24, 2.45) is 10.8 Å². The maximum atomic E-state index is 12.4. The molecule has 0 aliphatic carbocycles. The van der Waals surface area contributed by atoms with Crippen LogP contribution in [0, 0.1) is 0 Å². The number of halogens is 1. The van der Waals surface area contributed by atoms with E-state index in [1.807, 2.05) is 30.3 Å². The summed E-state index contributed by atoms with van der Waals surface area (Å²) in [6.45, 7) is 0. The quantitative estimate of drug-likeness (QED) is 0.235. The zero-order valence-corrected chi connectivity index (χ0v) is 15.1. The number of esters is 1. The molecule has 0 saturated carbocycles. The van der Waals surface area contributed by atoms with Gasteiger partial charge in [-0.25, -0.2) is 4.79 Å². The van der Waals surface area contributed by atoms with Crippen LogP contribution < -0.4 is 15.9 Å². The Balaban J connectivity index is 1.98. The molecule has 0 spiro atoms. The summed E-state index contributed by atoms with van der Waals surface area (Å²) in [5.41, 5.74) is 8.92. The van der Waals surface area contributed by atoms with Crippen LogP contribution in [0.15, 0.2) is 65.8 Å². The highest BCUT2D eigenvalue weighted by atomic mass is 35.5. The smallest absolute Gasteiger partial charge is 0.343 e. The van der Waals surface area contributed by atoms with Crippen molar-refractivity contribution in [1.82, 2.24) is 5.43 Å². The first-order valence-corrected chi connectivity index (χ1v) is 8.41. The number of rotatable bonds is 4. The molecule has 3 N–H and O–H groups in total. The third-order valence-corrected chi connectivity index (χ3v) is 3.92. The van der Waals surface area contributed by atoms with Gasteiger partial charge < -0.3 is 10.5 Å². The van der Waals surface area contributed by atoms with Crippen molar-refractivity contribution in [3.8, 4) is 5.75 Å². The van der Waals surface area contributed by atoms with Crippen molar-refractivity contribution < 1.29 is 9.53 Å². The monoisotopic (exact) mass is 383 g/mol. The van der Waals surface area contributed by atoms with Crippen molar-refractivity contribution in [3.05, 3.63) is 76.8 Å². The Morgan fingerprint density at radius 3 is 2.58 bits per heavy atom. The third-order valence-electron chi connectivity index (χ3n) is 3.58. The van der Waals surface area contributed by atoms with Crippen molar-refractivity contribution in [2.75, 3.05) is 0 Å². The molecule has 0 aliphatic rings. The van der Waals surface area contributed by atoms with Crippen LogP contribution >= 0.6 is 23.8 Å². The summed E-state index contributed by atoms with van der Waals surface area (Å²) in [7, 11) is 0. The van der Waals surface area contributed by atoms with Gasteiger partial charge in [0.15, 0.2) is 5.11 Å². The van der Waals surface area contributed by atoms with Crippen LogP contribution in [-0.4, -0.2) is 17.3 Å². The van der Waals surface area contributed by atoms with Crippen molar-refractivity contribution in [2.45, 2.75) is 0 Å². The number of benzene rings is 3. The van der Waals surface area contributed by atoms with Crippen molar-refractivity contribution >= 4 is 51.9 Å². The number of nitrogens with zero attached hydrogens (tertiary/aromatic N) is 1. The molecule has 130 valence electrons. The summed E-state index contributed by atoms with van der Waals surface area (Å²) in [5.74, 6) is -0.119. The van der Waals surface area contributed by atoms with Gasteiger partial charge in [-0.1, -0.05) is 41.9 Å². The molecule has 3 rings (SSSR count). The Labute approximate surface area is 160 Å². The molecule has 0 bridgehead atoms. The molecule has 0 atom stereocenters. The molecule has 0 unspecified atom stereocenters. The first-order valence-electron chi connectivity index (χ1n) is 7.62. The van der Waals surface area contributed by atoms with Crippen LogP contribution in [0.1, 0.15) is 15.9 Å². The van der Waals surface area contributed by atoms with E-state index in [2.05, 4.69) is 10.5 Å². The minimum atomic E-state index is -0.492. The average Bonchev–Trinajstić information content (AvgIpc) is 2.63. The summed E-state index contributed by atoms with van der Waals surface area (Å²) in [4.78, 5) is 12.4. The Morgan fingerprint density at radius 1 is 1.12 bits per heavy atom. The first-order chi connectivity index (χ1) is 12.5. The number of hydrogen-bond donors (Lipinski definition) is 2. The van der Waals surface area contributed by atoms with E-state index in [1.165, 1.54) is 6.21 Å². The number of hydrogen-bond acceptors (Lipinski definition) is 4. The standard InChI is InChI=1S/C19H14ClN3O2S/c20-14-8-5-13(6-9-14)18(24)25-17-10-7-12-3-1-2-4-15(12)16(17)11-22-23-19(21)26/h1-11H,(H3,21,23,26). The van der Waals surface area contributed by atoms with Gasteiger partial charge in [0, 0.05) is 10.6 Å². The van der Waals surface area contributed by atoms with E-state index in [-0.39, 0.29) is 5.11 Å². The third kappa shape index (κ3) is 4.17. The van der Waals surface area contributed by atoms with E-state index in [1.54, 1.807) is 30.3 Å². The number of fused-ring (bicyclic) bond motifs is 1. The Bertz CT molecular complexity index is 1000. The zero-order valence-electron chi connectivity index (χ0n) is 13.5. The van der Waals surface area contributed by atoms with Gasteiger partial charge >= 0.3 is 5.97 Å². The highest BCUT2D eigenvalue weighted by Crippen LogP contribution is 2.27. The van der Waals surface area contributed by atoms with Gasteiger partial charge in [0.1, 0.15) is 5.75 Å². The number of thiocarbonyl (C=S) groups is 1. The molecule has 0 radical (unpaired) electrons. The van der Waals surface area contributed by atoms with Crippen LogP contribution in [0.5, 0.6) is 5.75 Å². The number of hydrazone groups is 1. The molecule has 0 aliphatic heterocycles. The van der Waals surface area contributed by atoms with E-state index < -0.39 is 5.97 Å². The topological polar surface area (TPSA) is 76.7 Å². The molecular weight excluding hydrogens is 370 g/mol. The summed E-state index contributed by atoms with van der Waals surface area (Å²) < 4.78 is 5.57.